The molecule has 0 aliphatic heterocycles. The van der Waals surface area contributed by atoms with E-state index >= 15 is 0 Å². The molecule has 1 saturated carbocycles. The van der Waals surface area contributed by atoms with Crippen molar-refractivity contribution in [2.45, 2.75) is 32.7 Å². The monoisotopic (exact) mass is 451 g/mol. The van der Waals surface area contributed by atoms with E-state index in [0.717, 1.165) is 16.4 Å². The van der Waals surface area contributed by atoms with Crippen LogP contribution in [0.25, 0.3) is 21.7 Å². The van der Waals surface area contributed by atoms with Gasteiger partial charge in [-0.3, -0.25) is 4.79 Å². The van der Waals surface area contributed by atoms with Crippen LogP contribution in [-0.4, -0.2) is 37.2 Å². The van der Waals surface area contributed by atoms with E-state index in [1.165, 1.54) is 30.2 Å². The van der Waals surface area contributed by atoms with Gasteiger partial charge in [0, 0.05) is 18.7 Å². The lowest BCUT2D eigenvalue weighted by atomic mass is 10.2. The lowest BCUT2D eigenvalue weighted by molar-refractivity contribution is 0.102. The molecule has 1 aromatic carbocycles. The topological polar surface area (TPSA) is 97.6 Å². The summed E-state index contributed by atoms with van der Waals surface area (Å²) in [5.41, 5.74) is 1.06. The number of nitrogens with zero attached hydrogens (tertiary/aromatic N) is 5. The normalized spacial score (nSPS) is 13.6. The van der Waals surface area contributed by atoms with Crippen LogP contribution >= 0.6 is 11.3 Å². The van der Waals surface area contributed by atoms with E-state index in [-0.39, 0.29) is 11.6 Å². The van der Waals surface area contributed by atoms with Gasteiger partial charge < -0.3 is 15.2 Å². The van der Waals surface area contributed by atoms with Crippen LogP contribution in [0.1, 0.15) is 43.1 Å². The summed E-state index contributed by atoms with van der Waals surface area (Å²) in [7, 11) is 0. The highest BCUT2D eigenvalue weighted by molar-refractivity contribution is 7.22. The molecule has 164 valence electrons. The smallest absolute Gasteiger partial charge is 0.259 e. The molecule has 10 heteroatoms. The number of hydrogen-bond acceptors (Lipinski definition) is 7. The zero-order valence-electron chi connectivity index (χ0n) is 17.7. The predicted octanol–water partition coefficient (Wildman–Crippen LogP) is 4.74. The average Bonchev–Trinajstić information content (AvgIpc) is 3.30. The first-order valence-corrected chi connectivity index (χ1v) is 11.3. The molecule has 0 spiro atoms. The molecule has 1 fully saturated rings. The zero-order chi connectivity index (χ0) is 22.2. The van der Waals surface area contributed by atoms with Gasteiger partial charge >= 0.3 is 0 Å². The Hall–Kier alpha value is -3.40. The van der Waals surface area contributed by atoms with Crippen LogP contribution < -0.4 is 10.6 Å². The lowest BCUT2D eigenvalue weighted by Gasteiger charge is -2.11. The van der Waals surface area contributed by atoms with E-state index in [1.54, 1.807) is 30.6 Å². The van der Waals surface area contributed by atoms with Crippen molar-refractivity contribution >= 4 is 38.4 Å². The van der Waals surface area contributed by atoms with Gasteiger partial charge in [-0.1, -0.05) is 17.4 Å². The molecule has 4 aromatic rings. The second-order valence-electron chi connectivity index (χ2n) is 8.16. The molecule has 0 radical (unpaired) electrons. The summed E-state index contributed by atoms with van der Waals surface area (Å²) in [5.74, 6) is 0.420. The lowest BCUT2D eigenvalue weighted by Crippen LogP contribution is -2.15. The quantitative estimate of drug-likeness (QED) is 0.421. The van der Waals surface area contributed by atoms with E-state index in [0.29, 0.717) is 28.8 Å². The number of rotatable bonds is 7. The maximum atomic E-state index is 14.7. The molecule has 32 heavy (non-hydrogen) atoms. The van der Waals surface area contributed by atoms with E-state index in [9.17, 15) is 9.18 Å². The van der Waals surface area contributed by atoms with Crippen molar-refractivity contribution in [2.75, 3.05) is 17.2 Å². The zero-order valence-corrected chi connectivity index (χ0v) is 18.5. The summed E-state index contributed by atoms with van der Waals surface area (Å²) in [6, 6.07) is 8.21. The van der Waals surface area contributed by atoms with Crippen LogP contribution in [0, 0.1) is 11.7 Å². The predicted molar refractivity (Wildman–Crippen MR) is 122 cm³/mol. The number of thiazole rings is 1. The number of benzene rings is 1. The van der Waals surface area contributed by atoms with Gasteiger partial charge in [-0.25, -0.2) is 14.4 Å². The first-order chi connectivity index (χ1) is 15.5. The first kappa shape index (κ1) is 20.5. The summed E-state index contributed by atoms with van der Waals surface area (Å²) >= 11 is 1.42. The fourth-order valence-electron chi connectivity index (χ4n) is 3.37. The summed E-state index contributed by atoms with van der Waals surface area (Å²) in [6.07, 6.45) is 4.12. The molecule has 0 atom stereocenters. The average molecular weight is 452 g/mol. The maximum Gasteiger partial charge on any atom is 0.259 e. The number of aromatic nitrogens is 5. The van der Waals surface area contributed by atoms with Crippen LogP contribution in [0.4, 0.5) is 15.3 Å². The maximum absolute atomic E-state index is 14.7. The van der Waals surface area contributed by atoms with E-state index in [4.69, 9.17) is 0 Å². The summed E-state index contributed by atoms with van der Waals surface area (Å²) in [6.45, 7) is 4.91. The summed E-state index contributed by atoms with van der Waals surface area (Å²) < 4.78 is 17.3. The molecular formula is C22H22FN7OS. The largest absolute Gasteiger partial charge is 0.361 e. The van der Waals surface area contributed by atoms with E-state index in [1.807, 2.05) is 18.4 Å². The van der Waals surface area contributed by atoms with Crippen LogP contribution in [0.15, 0.2) is 36.7 Å². The highest BCUT2D eigenvalue weighted by Gasteiger charge is 2.22. The molecule has 0 bridgehead atoms. The molecule has 3 heterocycles. The third-order valence-electron chi connectivity index (χ3n) is 5.31. The second-order valence-corrected chi connectivity index (χ2v) is 9.19. The Labute approximate surface area is 187 Å². The molecule has 1 amide bonds. The van der Waals surface area contributed by atoms with E-state index in [2.05, 4.69) is 30.8 Å². The number of fused-ring (bicyclic) bond motifs is 1. The number of pyridine rings is 1. The van der Waals surface area contributed by atoms with Crippen molar-refractivity contribution in [1.82, 2.24) is 24.7 Å². The van der Waals surface area contributed by atoms with Crippen molar-refractivity contribution in [3.8, 4) is 11.5 Å². The minimum absolute atomic E-state index is 0.0487. The van der Waals surface area contributed by atoms with Crippen molar-refractivity contribution in [3.63, 3.8) is 0 Å². The third kappa shape index (κ3) is 4.18. The van der Waals surface area contributed by atoms with Gasteiger partial charge in [-0.2, -0.15) is 0 Å². The number of amides is 1. The highest BCUT2D eigenvalue weighted by atomic mass is 32.1. The fraction of sp³-hybridized carbons (Fsp3) is 0.318. The molecule has 1 aliphatic carbocycles. The van der Waals surface area contributed by atoms with Crippen molar-refractivity contribution in [2.24, 2.45) is 5.92 Å². The Balaban J connectivity index is 1.37. The molecule has 5 rings (SSSR count). The SMILES string of the molecule is CC(C)n1cnnc1-c1cccc(NC(=O)c2cc3sc(NCC4CC4)nc3cc2F)n1. The number of anilines is 2. The van der Waals surface area contributed by atoms with Gasteiger partial charge in [0.1, 0.15) is 23.7 Å². The fourth-order valence-corrected chi connectivity index (χ4v) is 4.26. The molecule has 1 aliphatic rings. The van der Waals surface area contributed by atoms with Gasteiger partial charge in [-0.05, 0) is 50.8 Å². The molecule has 8 nitrogen and oxygen atoms in total. The van der Waals surface area contributed by atoms with Crippen molar-refractivity contribution < 1.29 is 9.18 Å². The first-order valence-electron chi connectivity index (χ1n) is 10.5. The van der Waals surface area contributed by atoms with Crippen LogP contribution in [-0.2, 0) is 0 Å². The molecular weight excluding hydrogens is 429 g/mol. The molecule has 0 saturated heterocycles. The number of nitrogens with one attached hydrogen (secondary N) is 2. The highest BCUT2D eigenvalue weighted by Crippen LogP contribution is 2.32. The van der Waals surface area contributed by atoms with Crippen LogP contribution in [0.5, 0.6) is 0 Å². The molecule has 2 N–H and O–H groups in total. The Kier molecular flexibility index (Phi) is 5.30. The van der Waals surface area contributed by atoms with Crippen molar-refractivity contribution in [1.29, 1.82) is 0 Å². The number of hydrogen-bond donors (Lipinski definition) is 2. The standard InChI is InChI=1S/C22H22FN7OS/c1-12(2)30-11-25-29-20(30)16-4-3-5-19(26-16)28-21(31)14-8-18-17(9-15(14)23)27-22(32-18)24-10-13-6-7-13/h3-5,8-9,11-13H,6-7,10H2,1-2H3,(H,24,27)(H,26,28,31). The summed E-state index contributed by atoms with van der Waals surface area (Å²) in [5, 5.41) is 14.8. The molecule has 0 unspecified atom stereocenters. The number of carbonyl (C=O) groups is 1. The Morgan fingerprint density at radius 2 is 2.12 bits per heavy atom. The Bertz CT molecular complexity index is 1290. The van der Waals surface area contributed by atoms with Gasteiger partial charge in [-0.15, -0.1) is 10.2 Å². The van der Waals surface area contributed by atoms with E-state index < -0.39 is 11.7 Å². The Morgan fingerprint density at radius 3 is 2.91 bits per heavy atom. The third-order valence-corrected chi connectivity index (χ3v) is 6.29. The van der Waals surface area contributed by atoms with Gasteiger partial charge in [0.05, 0.1) is 15.8 Å². The van der Waals surface area contributed by atoms with Gasteiger partial charge in [0.2, 0.25) is 0 Å². The Morgan fingerprint density at radius 1 is 1.28 bits per heavy atom. The van der Waals surface area contributed by atoms with Gasteiger partial charge in [0.25, 0.3) is 5.91 Å². The molecule has 3 aromatic heterocycles. The summed E-state index contributed by atoms with van der Waals surface area (Å²) in [4.78, 5) is 21.7. The second kappa shape index (κ2) is 8.27. The number of halogens is 1. The van der Waals surface area contributed by atoms with Gasteiger partial charge in [0.15, 0.2) is 11.0 Å². The van der Waals surface area contributed by atoms with Crippen LogP contribution in [0.3, 0.4) is 0 Å². The number of carbonyl (C=O) groups excluding carboxylic acids is 1. The minimum atomic E-state index is -0.621. The minimum Gasteiger partial charge on any atom is -0.361 e. The van der Waals surface area contributed by atoms with Crippen LogP contribution in [0.2, 0.25) is 0 Å². The van der Waals surface area contributed by atoms with Crippen molar-refractivity contribution in [3.05, 3.63) is 48.0 Å².